The van der Waals surface area contributed by atoms with Crippen LogP contribution < -0.4 is 0 Å². The fourth-order valence-corrected chi connectivity index (χ4v) is 4.10. The van der Waals surface area contributed by atoms with Crippen molar-refractivity contribution >= 4 is 17.5 Å². The van der Waals surface area contributed by atoms with Crippen molar-refractivity contribution < 1.29 is 14.6 Å². The van der Waals surface area contributed by atoms with Crippen molar-refractivity contribution in [3.63, 3.8) is 0 Å². The molecule has 0 radical (unpaired) electrons. The Labute approximate surface area is 180 Å². The zero-order valence-corrected chi connectivity index (χ0v) is 17.9. The van der Waals surface area contributed by atoms with Gasteiger partial charge in [0, 0.05) is 29.8 Å². The molecule has 1 aliphatic heterocycles. The highest BCUT2D eigenvalue weighted by atomic mass is 35.5. The normalized spacial score (nSPS) is 15.8. The number of phenols is 1. The first-order chi connectivity index (χ1) is 14.4. The van der Waals surface area contributed by atoms with E-state index in [1.807, 2.05) is 0 Å². The molecule has 2 N–H and O–H groups in total. The van der Waals surface area contributed by atoms with Crippen LogP contribution >= 0.6 is 11.6 Å². The van der Waals surface area contributed by atoms with Crippen molar-refractivity contribution in [2.45, 2.75) is 25.8 Å². The highest BCUT2D eigenvalue weighted by Crippen LogP contribution is 2.44. The number of nitrogens with zero attached hydrogens (tertiary/aromatic N) is 2. The second-order valence-electron chi connectivity index (χ2n) is 7.74. The molecule has 0 aliphatic carbocycles. The number of halogens is 1. The van der Waals surface area contributed by atoms with Gasteiger partial charge in [-0.1, -0.05) is 49.7 Å². The molecule has 0 saturated heterocycles. The van der Waals surface area contributed by atoms with E-state index in [4.69, 9.17) is 16.3 Å². The number of aromatic hydroxyl groups is 1. The molecule has 3 aromatic rings. The van der Waals surface area contributed by atoms with Gasteiger partial charge in [-0.15, -0.1) is 0 Å². The molecule has 2 aromatic carbocycles. The van der Waals surface area contributed by atoms with E-state index in [2.05, 4.69) is 48.3 Å². The molecule has 2 heterocycles. The maximum absolute atomic E-state index is 13.2. The average Bonchev–Trinajstić information content (AvgIpc) is 3.27. The summed E-state index contributed by atoms with van der Waals surface area (Å²) in [6.45, 7) is 5.15. The number of carbonyl (C=O) groups excluding carboxylic acids is 1. The Morgan fingerprint density at radius 1 is 1.23 bits per heavy atom. The SMILES string of the molecule is COCCN1C(=O)c2[nH]nc(-c3cc(Cl)ccc3O)c2C1c1ccc(C(C)C)cc1. The molecule has 156 valence electrons. The third-order valence-corrected chi connectivity index (χ3v) is 5.77. The summed E-state index contributed by atoms with van der Waals surface area (Å²) in [5, 5.41) is 18.2. The Bertz CT molecular complexity index is 1080. The Morgan fingerprint density at radius 3 is 2.63 bits per heavy atom. The second-order valence-corrected chi connectivity index (χ2v) is 8.17. The van der Waals surface area contributed by atoms with Crippen molar-refractivity contribution in [1.29, 1.82) is 0 Å². The summed E-state index contributed by atoms with van der Waals surface area (Å²) in [5.74, 6) is 0.336. The number of amides is 1. The molecule has 7 heteroatoms. The molecule has 0 saturated carbocycles. The van der Waals surface area contributed by atoms with E-state index in [9.17, 15) is 9.90 Å². The number of H-pyrrole nitrogens is 1. The number of phenolic OH excluding ortho intramolecular Hbond substituents is 1. The van der Waals surface area contributed by atoms with Crippen LogP contribution in [-0.2, 0) is 4.74 Å². The average molecular weight is 426 g/mol. The van der Waals surface area contributed by atoms with Crippen LogP contribution in [0.3, 0.4) is 0 Å². The van der Waals surface area contributed by atoms with Gasteiger partial charge in [-0.25, -0.2) is 0 Å². The van der Waals surface area contributed by atoms with Gasteiger partial charge in [-0.3, -0.25) is 9.89 Å². The monoisotopic (exact) mass is 425 g/mol. The maximum atomic E-state index is 13.2. The number of aromatic amines is 1. The van der Waals surface area contributed by atoms with E-state index >= 15 is 0 Å². The topological polar surface area (TPSA) is 78.5 Å². The van der Waals surface area contributed by atoms with E-state index in [1.54, 1.807) is 24.1 Å². The van der Waals surface area contributed by atoms with Gasteiger partial charge in [-0.2, -0.15) is 5.10 Å². The number of nitrogens with one attached hydrogen (secondary N) is 1. The minimum absolute atomic E-state index is 0.0606. The van der Waals surface area contributed by atoms with Gasteiger partial charge in [0.05, 0.1) is 12.6 Å². The van der Waals surface area contributed by atoms with Crippen molar-refractivity contribution in [2.75, 3.05) is 20.3 Å². The minimum Gasteiger partial charge on any atom is -0.507 e. The van der Waals surface area contributed by atoms with E-state index < -0.39 is 0 Å². The summed E-state index contributed by atoms with van der Waals surface area (Å²) >= 11 is 6.17. The molecule has 1 unspecified atom stereocenters. The Morgan fingerprint density at radius 2 is 1.97 bits per heavy atom. The fraction of sp³-hybridized carbons (Fsp3) is 0.304. The van der Waals surface area contributed by atoms with Gasteiger partial charge >= 0.3 is 0 Å². The highest BCUT2D eigenvalue weighted by Gasteiger charge is 2.42. The lowest BCUT2D eigenvalue weighted by Gasteiger charge is -2.26. The molecule has 1 atom stereocenters. The third-order valence-electron chi connectivity index (χ3n) is 5.53. The number of hydrogen-bond donors (Lipinski definition) is 2. The molecule has 4 rings (SSSR count). The summed E-state index contributed by atoms with van der Waals surface area (Å²) in [6.07, 6.45) is 0. The lowest BCUT2D eigenvalue weighted by atomic mass is 9.93. The van der Waals surface area contributed by atoms with Crippen LogP contribution in [0.15, 0.2) is 42.5 Å². The van der Waals surface area contributed by atoms with Crippen LogP contribution in [0.25, 0.3) is 11.3 Å². The van der Waals surface area contributed by atoms with Gasteiger partial charge in [0.2, 0.25) is 0 Å². The molecule has 6 nitrogen and oxygen atoms in total. The standard InChI is InChI=1S/C23H24ClN3O3/c1-13(2)14-4-6-15(7-5-14)22-19-20(17-12-16(24)8-9-18(17)28)25-26-21(19)23(29)27(22)10-11-30-3/h4-9,12-13,22,28H,10-11H2,1-3H3,(H,25,26). The second kappa shape index (κ2) is 8.13. The van der Waals surface area contributed by atoms with E-state index in [0.29, 0.717) is 41.0 Å². The van der Waals surface area contributed by atoms with E-state index in [-0.39, 0.29) is 17.7 Å². The Hall–Kier alpha value is -2.83. The van der Waals surface area contributed by atoms with Gasteiger partial charge in [0.25, 0.3) is 5.91 Å². The van der Waals surface area contributed by atoms with Gasteiger partial charge < -0.3 is 14.7 Å². The number of ether oxygens (including phenoxy) is 1. The highest BCUT2D eigenvalue weighted by molar-refractivity contribution is 6.31. The van der Waals surface area contributed by atoms with Crippen LogP contribution in [0.4, 0.5) is 0 Å². The molecule has 0 bridgehead atoms. The van der Waals surface area contributed by atoms with Crippen LogP contribution in [-0.4, -0.2) is 46.4 Å². The summed E-state index contributed by atoms with van der Waals surface area (Å²) in [6, 6.07) is 12.8. The third kappa shape index (κ3) is 3.46. The summed E-state index contributed by atoms with van der Waals surface area (Å²) in [4.78, 5) is 14.9. The van der Waals surface area contributed by atoms with Gasteiger partial charge in [0.15, 0.2) is 0 Å². The van der Waals surface area contributed by atoms with Crippen LogP contribution in [0.5, 0.6) is 5.75 Å². The molecule has 0 spiro atoms. The summed E-state index contributed by atoms with van der Waals surface area (Å²) < 4.78 is 5.23. The van der Waals surface area contributed by atoms with Gasteiger partial charge in [-0.05, 0) is 35.2 Å². The van der Waals surface area contributed by atoms with Crippen molar-refractivity contribution in [3.8, 4) is 17.0 Å². The zero-order valence-electron chi connectivity index (χ0n) is 17.1. The van der Waals surface area contributed by atoms with Gasteiger partial charge in [0.1, 0.15) is 17.1 Å². The van der Waals surface area contributed by atoms with Crippen LogP contribution in [0, 0.1) is 0 Å². The van der Waals surface area contributed by atoms with Crippen molar-refractivity contribution in [1.82, 2.24) is 15.1 Å². The molecule has 1 amide bonds. The Balaban J connectivity index is 1.86. The smallest absolute Gasteiger partial charge is 0.273 e. The number of rotatable bonds is 6. The molecule has 1 aliphatic rings. The lowest BCUT2D eigenvalue weighted by Crippen LogP contribution is -2.32. The fourth-order valence-electron chi connectivity index (χ4n) is 3.93. The number of benzene rings is 2. The quantitative estimate of drug-likeness (QED) is 0.597. The van der Waals surface area contributed by atoms with Crippen LogP contribution in [0.2, 0.25) is 5.02 Å². The molecule has 0 fully saturated rings. The molecule has 30 heavy (non-hydrogen) atoms. The maximum Gasteiger partial charge on any atom is 0.273 e. The number of methoxy groups -OCH3 is 1. The molecular weight excluding hydrogens is 402 g/mol. The van der Waals surface area contributed by atoms with E-state index in [0.717, 1.165) is 11.1 Å². The number of hydrogen-bond acceptors (Lipinski definition) is 4. The summed E-state index contributed by atoms with van der Waals surface area (Å²) in [5.41, 5.74) is 4.39. The predicted molar refractivity (Wildman–Crippen MR) is 116 cm³/mol. The van der Waals surface area contributed by atoms with Crippen molar-refractivity contribution in [3.05, 3.63) is 69.9 Å². The number of aromatic nitrogens is 2. The lowest BCUT2D eigenvalue weighted by molar-refractivity contribution is 0.0677. The predicted octanol–water partition coefficient (Wildman–Crippen LogP) is 4.75. The largest absolute Gasteiger partial charge is 0.507 e. The zero-order chi connectivity index (χ0) is 21.4. The first-order valence-electron chi connectivity index (χ1n) is 9.89. The minimum atomic E-state index is -0.337. The number of fused-ring (bicyclic) bond motifs is 1. The first kappa shape index (κ1) is 20.4. The van der Waals surface area contributed by atoms with E-state index in [1.165, 1.54) is 11.6 Å². The summed E-state index contributed by atoms with van der Waals surface area (Å²) in [7, 11) is 1.61. The molecule has 1 aromatic heterocycles. The Kier molecular flexibility index (Phi) is 5.54. The number of carbonyl (C=O) groups is 1. The first-order valence-corrected chi connectivity index (χ1v) is 10.3. The van der Waals surface area contributed by atoms with Crippen molar-refractivity contribution in [2.24, 2.45) is 0 Å². The van der Waals surface area contributed by atoms with Crippen LogP contribution in [0.1, 0.15) is 53.0 Å². The molecular formula is C23H24ClN3O3.